The molecule has 0 radical (unpaired) electrons. The number of ether oxygens (including phenoxy) is 1. The van der Waals surface area contributed by atoms with Crippen LogP contribution in [0.4, 0.5) is 17.5 Å². The first kappa shape index (κ1) is 71.9. The molecule has 29 heteroatoms. The molecule has 0 spiro atoms. The smallest absolute Gasteiger partial charge is 0.396 e. The lowest BCUT2D eigenvalue weighted by Crippen LogP contribution is -2.23. The number of nitrogens with one attached hydrogen (secondary N) is 2. The number of hydrogen-bond donors (Lipinski definition) is 6. The fourth-order valence-electron chi connectivity index (χ4n) is 10.4. The van der Waals surface area contributed by atoms with Crippen molar-refractivity contribution in [1.29, 1.82) is 0 Å². The van der Waals surface area contributed by atoms with Crippen molar-refractivity contribution in [3.63, 3.8) is 0 Å². The third kappa shape index (κ3) is 18.3. The van der Waals surface area contributed by atoms with Gasteiger partial charge in [-0.25, -0.2) is 19.7 Å². The highest BCUT2D eigenvalue weighted by Gasteiger charge is 2.19. The van der Waals surface area contributed by atoms with Gasteiger partial charge in [0.05, 0.1) is 57.5 Å². The number of nitrogen functional groups attached to an aromatic ring is 3. The average Bonchev–Trinajstić information content (AvgIpc) is 1.81. The maximum absolute atomic E-state index is 12.5. The van der Waals surface area contributed by atoms with Crippen LogP contribution in [-0.4, -0.2) is 84.9 Å². The normalized spacial score (nSPS) is 10.8. The molecule has 510 valence electrons. The van der Waals surface area contributed by atoms with E-state index >= 15 is 0 Å². The minimum Gasteiger partial charge on any atom is -0.459 e. The standard InChI is InChI=1S/2C23H17ClN6O2.C15H12ClN3O3.C10H11N3.CH4.ClH/c2*24-17-10-16-7-13(2-4-19(16)27-12-17)9-20-29-30-23(32-20)22(31)28-11-14-1-3-18-15(8-14)5-6-26-21(18)25;1-2-21-15(20)14-19-18-13(22-14)6-9-3-4-12-10(5-9)7-11(16)8-17-12;11-6-7-1-2-9-8(5-7)3-4-13-10(9)12;;/h2*1-8,10,12H,9,11H2,(H2,25,26)(H,28,31);3-5,7-8H,2,6H2,1H3;1-5H,6,11H2,(H2,12,13);1H4;1H. The van der Waals surface area contributed by atoms with Gasteiger partial charge in [0.15, 0.2) is 0 Å². The zero-order valence-electron chi connectivity index (χ0n) is 52.8. The Bertz CT molecular complexity index is 5260. The fourth-order valence-corrected chi connectivity index (χ4v) is 10.9. The van der Waals surface area contributed by atoms with E-state index in [1.807, 2.05) is 146 Å². The second-order valence-corrected chi connectivity index (χ2v) is 23.4. The number of pyridine rings is 6. The van der Waals surface area contributed by atoms with Gasteiger partial charge >= 0.3 is 35.5 Å². The summed E-state index contributed by atoms with van der Waals surface area (Å²) in [6.45, 7) is 3.15. The van der Waals surface area contributed by atoms with Crippen LogP contribution in [0.25, 0.3) is 65.0 Å². The van der Waals surface area contributed by atoms with Crippen LogP contribution in [0.15, 0.2) is 196 Å². The monoisotopic (exact) mass is 1430 g/mol. The number of fused-ring (bicyclic) bond motifs is 6. The molecule has 15 rings (SSSR count). The van der Waals surface area contributed by atoms with Crippen LogP contribution in [0.3, 0.4) is 0 Å². The SMILES string of the molecule is C.CCOC(=O)c1nnc(Cc2ccc3ncc(Cl)cc3c2)o1.Cl.NCc1ccc2c(N)nccc2c1.Nc1nccc2cc(CNC(=O)c3nnc(Cc4ccc5ncc(Cl)cc5c4)o3)ccc12.Nc1nccc2cc(CNC(=O)c3nnc(Cc4ccc5ncc(Cl)cc5c4)o3)ccc12. The van der Waals surface area contributed by atoms with Gasteiger partial charge in [0.25, 0.3) is 0 Å². The molecule has 6 aromatic carbocycles. The Labute approximate surface area is 596 Å². The number of halogens is 4. The van der Waals surface area contributed by atoms with Crippen molar-refractivity contribution < 1.29 is 32.4 Å². The van der Waals surface area contributed by atoms with Crippen molar-refractivity contribution in [3.8, 4) is 0 Å². The van der Waals surface area contributed by atoms with Gasteiger partial charge < -0.3 is 51.6 Å². The van der Waals surface area contributed by atoms with Crippen LogP contribution in [0, 0.1) is 0 Å². The number of hydrogen-bond acceptors (Lipinski definition) is 23. The molecular formula is C72H62Cl4N18O7. The minimum absolute atomic E-state index is 0. The predicted octanol–water partition coefficient (Wildman–Crippen LogP) is 13.2. The molecule has 10 N–H and O–H groups in total. The third-order valence-corrected chi connectivity index (χ3v) is 15.8. The third-order valence-electron chi connectivity index (χ3n) is 15.2. The van der Waals surface area contributed by atoms with Crippen LogP contribution < -0.4 is 33.6 Å². The van der Waals surface area contributed by atoms with Crippen molar-refractivity contribution in [2.75, 3.05) is 23.8 Å². The summed E-state index contributed by atoms with van der Waals surface area (Å²) in [4.78, 5) is 61.3. The lowest BCUT2D eigenvalue weighted by atomic mass is 10.1. The van der Waals surface area contributed by atoms with Crippen LogP contribution in [0.5, 0.6) is 0 Å². The Kier molecular flexibility index (Phi) is 23.6. The van der Waals surface area contributed by atoms with E-state index in [-0.39, 0.29) is 44.1 Å². The van der Waals surface area contributed by atoms with E-state index in [9.17, 15) is 14.4 Å². The summed E-state index contributed by atoms with van der Waals surface area (Å²) < 4.78 is 21.2. The summed E-state index contributed by atoms with van der Waals surface area (Å²) in [6.07, 6.45) is 11.0. The molecule has 0 bridgehead atoms. The molecule has 0 unspecified atom stereocenters. The number of rotatable bonds is 15. The largest absolute Gasteiger partial charge is 0.459 e. The van der Waals surface area contributed by atoms with Gasteiger partial charge in [-0.3, -0.25) is 24.5 Å². The van der Waals surface area contributed by atoms with Crippen molar-refractivity contribution in [2.45, 2.75) is 53.2 Å². The van der Waals surface area contributed by atoms with Gasteiger partial charge in [-0.1, -0.05) is 96.8 Å². The van der Waals surface area contributed by atoms with Crippen LogP contribution in [0.1, 0.15) is 97.5 Å². The zero-order chi connectivity index (χ0) is 68.9. The van der Waals surface area contributed by atoms with E-state index in [0.717, 1.165) is 98.4 Å². The average molecular weight is 1430 g/mol. The highest BCUT2D eigenvalue weighted by molar-refractivity contribution is 6.31. The summed E-state index contributed by atoms with van der Waals surface area (Å²) in [6, 6.07) is 46.0. The molecule has 9 aromatic heterocycles. The number of carbonyl (C=O) groups is 3. The topological polar surface area (TPSA) is 383 Å². The van der Waals surface area contributed by atoms with Gasteiger partial charge in [-0.05, 0) is 147 Å². The Morgan fingerprint density at radius 1 is 0.416 bits per heavy atom. The maximum Gasteiger partial charge on any atom is 0.396 e. The number of esters is 1. The Hall–Kier alpha value is -11.9. The second kappa shape index (κ2) is 33.1. The lowest BCUT2D eigenvalue weighted by Gasteiger charge is -2.06. The lowest BCUT2D eigenvalue weighted by molar-refractivity contribution is 0.0478. The number of aromatic nitrogens is 12. The molecule has 25 nitrogen and oxygen atoms in total. The van der Waals surface area contributed by atoms with Gasteiger partial charge in [-0.2, -0.15) is 0 Å². The van der Waals surface area contributed by atoms with Crippen LogP contribution in [-0.2, 0) is 43.6 Å². The van der Waals surface area contributed by atoms with E-state index in [2.05, 4.69) is 71.1 Å². The van der Waals surface area contributed by atoms with Crippen molar-refractivity contribution >= 4 is 147 Å². The van der Waals surface area contributed by atoms with Gasteiger partial charge in [0, 0.05) is 89.1 Å². The molecule has 0 atom stereocenters. The van der Waals surface area contributed by atoms with E-state index in [4.69, 9.17) is 75.7 Å². The van der Waals surface area contributed by atoms with Crippen molar-refractivity contribution in [2.24, 2.45) is 5.73 Å². The number of amides is 2. The van der Waals surface area contributed by atoms with Crippen molar-refractivity contribution in [3.05, 3.63) is 267 Å². The Morgan fingerprint density at radius 3 is 1.11 bits per heavy atom. The minimum atomic E-state index is -0.615. The summed E-state index contributed by atoms with van der Waals surface area (Å²) in [5.41, 5.74) is 31.3. The zero-order valence-corrected chi connectivity index (χ0v) is 55.9. The molecule has 2 amide bonds. The highest BCUT2D eigenvalue weighted by atomic mass is 35.5. The van der Waals surface area contributed by atoms with Crippen molar-refractivity contribution in [1.82, 2.24) is 71.1 Å². The molecule has 0 aliphatic rings. The Morgan fingerprint density at radius 2 is 0.743 bits per heavy atom. The highest BCUT2D eigenvalue weighted by Crippen LogP contribution is 2.26. The first-order valence-corrected chi connectivity index (χ1v) is 31.6. The molecule has 0 saturated carbocycles. The fraction of sp³-hybridized carbons (Fsp3) is 0.125. The molecule has 9 heterocycles. The summed E-state index contributed by atoms with van der Waals surface area (Å²) in [5, 5.41) is 39.1. The number of nitrogens with zero attached hydrogens (tertiary/aromatic N) is 12. The molecule has 0 saturated heterocycles. The molecule has 0 fully saturated rings. The summed E-state index contributed by atoms with van der Waals surface area (Å²) in [5.74, 6) is 0.761. The van der Waals surface area contributed by atoms with Crippen LogP contribution >= 0.6 is 47.2 Å². The first-order valence-electron chi connectivity index (χ1n) is 30.5. The molecular weight excluding hydrogens is 1370 g/mol. The molecule has 0 aliphatic carbocycles. The molecule has 101 heavy (non-hydrogen) atoms. The number of benzene rings is 6. The van der Waals surface area contributed by atoms with E-state index in [0.29, 0.717) is 89.1 Å². The summed E-state index contributed by atoms with van der Waals surface area (Å²) in [7, 11) is 0. The van der Waals surface area contributed by atoms with Crippen LogP contribution in [0.2, 0.25) is 15.1 Å². The number of carbonyl (C=O) groups excluding carboxylic acids is 3. The van der Waals surface area contributed by atoms with Gasteiger partial charge in [0.1, 0.15) is 17.5 Å². The van der Waals surface area contributed by atoms with E-state index in [1.165, 1.54) is 0 Å². The molecule has 0 aliphatic heterocycles. The summed E-state index contributed by atoms with van der Waals surface area (Å²) >= 11 is 18.0. The van der Waals surface area contributed by atoms with E-state index < -0.39 is 17.8 Å². The number of nitrogens with two attached hydrogens (primary N) is 4. The Balaban J connectivity index is 0.000000151. The van der Waals surface area contributed by atoms with Gasteiger partial charge in [-0.15, -0.1) is 43.0 Å². The van der Waals surface area contributed by atoms with Gasteiger partial charge in [0.2, 0.25) is 17.7 Å². The number of anilines is 3. The quantitative estimate of drug-likeness (QED) is 0.0519. The van der Waals surface area contributed by atoms with E-state index in [1.54, 1.807) is 44.1 Å². The first-order chi connectivity index (χ1) is 48.1. The predicted molar refractivity (Wildman–Crippen MR) is 390 cm³/mol. The maximum atomic E-state index is 12.5. The second-order valence-electron chi connectivity index (χ2n) is 22.1. The molecule has 15 aromatic rings.